The van der Waals surface area contributed by atoms with Crippen molar-refractivity contribution in [3.63, 3.8) is 0 Å². The second-order valence-corrected chi connectivity index (χ2v) is 5.85. The largest absolute Gasteiger partial charge is 0.350 e. The first-order valence-corrected chi connectivity index (χ1v) is 7.81. The van der Waals surface area contributed by atoms with Gasteiger partial charge in [-0.2, -0.15) is 0 Å². The molecule has 0 saturated carbocycles. The van der Waals surface area contributed by atoms with Gasteiger partial charge < -0.3 is 10.6 Å². The highest BCUT2D eigenvalue weighted by atomic mass is 35.5. The quantitative estimate of drug-likeness (QED) is 0.811. The van der Waals surface area contributed by atoms with E-state index in [1.54, 1.807) is 24.3 Å². The number of rotatable bonds is 5. The van der Waals surface area contributed by atoms with Crippen molar-refractivity contribution in [2.45, 2.75) is 6.92 Å². The van der Waals surface area contributed by atoms with E-state index in [4.69, 9.17) is 23.2 Å². The predicted molar refractivity (Wildman–Crippen MR) is 92.3 cm³/mol. The van der Waals surface area contributed by atoms with Crippen molar-refractivity contribution in [2.24, 2.45) is 0 Å². The third-order valence-electron chi connectivity index (χ3n) is 3.15. The molecule has 23 heavy (non-hydrogen) atoms. The molecule has 2 amide bonds. The van der Waals surface area contributed by atoms with Gasteiger partial charge in [-0.3, -0.25) is 9.59 Å². The van der Waals surface area contributed by atoms with E-state index in [1.807, 2.05) is 19.1 Å². The molecule has 0 aliphatic carbocycles. The van der Waals surface area contributed by atoms with E-state index in [1.165, 1.54) is 6.07 Å². The van der Waals surface area contributed by atoms with Crippen molar-refractivity contribution in [3.05, 3.63) is 69.2 Å². The Morgan fingerprint density at radius 1 is 0.957 bits per heavy atom. The topological polar surface area (TPSA) is 58.2 Å². The van der Waals surface area contributed by atoms with Crippen LogP contribution < -0.4 is 10.6 Å². The average Bonchev–Trinajstić information content (AvgIpc) is 2.53. The van der Waals surface area contributed by atoms with Gasteiger partial charge in [-0.25, -0.2) is 0 Å². The van der Waals surface area contributed by atoms with E-state index in [2.05, 4.69) is 10.6 Å². The Hall–Kier alpha value is -2.04. The summed E-state index contributed by atoms with van der Waals surface area (Å²) in [4.78, 5) is 24.0. The van der Waals surface area contributed by atoms with Crippen LogP contribution in [0.1, 0.15) is 26.3 Å². The first kappa shape index (κ1) is 17.3. The van der Waals surface area contributed by atoms with E-state index >= 15 is 0 Å². The van der Waals surface area contributed by atoms with Crippen molar-refractivity contribution in [3.8, 4) is 0 Å². The van der Waals surface area contributed by atoms with Gasteiger partial charge in [-0.1, -0.05) is 40.9 Å². The molecule has 0 atom stereocenters. The zero-order valence-electron chi connectivity index (χ0n) is 12.5. The zero-order chi connectivity index (χ0) is 16.8. The Labute approximate surface area is 144 Å². The monoisotopic (exact) mass is 350 g/mol. The fraction of sp³-hybridized carbons (Fsp3) is 0.176. The van der Waals surface area contributed by atoms with E-state index in [9.17, 15) is 9.59 Å². The number of hydrogen-bond donors (Lipinski definition) is 2. The van der Waals surface area contributed by atoms with Gasteiger partial charge in [-0.15, -0.1) is 0 Å². The first-order valence-electron chi connectivity index (χ1n) is 7.05. The number of hydrogen-bond acceptors (Lipinski definition) is 2. The maximum absolute atomic E-state index is 12.0. The fourth-order valence-electron chi connectivity index (χ4n) is 2.01. The Kier molecular flexibility index (Phi) is 6.02. The van der Waals surface area contributed by atoms with Crippen LogP contribution in [-0.4, -0.2) is 24.9 Å². The molecule has 2 aromatic carbocycles. The summed E-state index contributed by atoms with van der Waals surface area (Å²) in [5, 5.41) is 6.20. The lowest BCUT2D eigenvalue weighted by Crippen LogP contribution is -2.34. The van der Waals surface area contributed by atoms with Gasteiger partial charge in [0.2, 0.25) is 0 Å². The highest BCUT2D eigenvalue weighted by molar-refractivity contribution is 6.35. The molecule has 4 nitrogen and oxygen atoms in total. The molecular formula is C17H16Cl2N2O2. The number of halogens is 2. The van der Waals surface area contributed by atoms with Gasteiger partial charge in [-0.05, 0) is 37.3 Å². The summed E-state index contributed by atoms with van der Waals surface area (Å²) in [5.74, 6) is -0.508. The van der Waals surface area contributed by atoms with Crippen LogP contribution in [0.4, 0.5) is 0 Å². The molecule has 2 N–H and O–H groups in total. The second kappa shape index (κ2) is 7.99. The van der Waals surface area contributed by atoms with Crippen LogP contribution in [-0.2, 0) is 0 Å². The van der Waals surface area contributed by atoms with Crippen molar-refractivity contribution in [1.29, 1.82) is 0 Å². The average molecular weight is 351 g/mol. The molecule has 0 bridgehead atoms. The molecule has 0 heterocycles. The van der Waals surface area contributed by atoms with Gasteiger partial charge in [0, 0.05) is 23.7 Å². The summed E-state index contributed by atoms with van der Waals surface area (Å²) in [6, 6.07) is 12.0. The van der Waals surface area contributed by atoms with Crippen LogP contribution in [0, 0.1) is 6.92 Å². The molecule has 120 valence electrons. The number of carbonyl (C=O) groups excluding carboxylic acids is 2. The Balaban J connectivity index is 1.82. The molecule has 0 aliphatic rings. The van der Waals surface area contributed by atoms with E-state index < -0.39 is 0 Å². The Morgan fingerprint density at radius 3 is 2.35 bits per heavy atom. The van der Waals surface area contributed by atoms with E-state index in [0.717, 1.165) is 5.56 Å². The minimum Gasteiger partial charge on any atom is -0.350 e. The highest BCUT2D eigenvalue weighted by Crippen LogP contribution is 2.20. The van der Waals surface area contributed by atoms with Gasteiger partial charge in [0.05, 0.1) is 10.6 Å². The zero-order valence-corrected chi connectivity index (χ0v) is 14.0. The SMILES string of the molecule is Cc1cccc(C(=O)NCCNC(=O)c2cc(Cl)ccc2Cl)c1. The highest BCUT2D eigenvalue weighted by Gasteiger charge is 2.11. The molecule has 0 unspecified atom stereocenters. The lowest BCUT2D eigenvalue weighted by molar-refractivity contribution is 0.0927. The third kappa shape index (κ3) is 4.98. The minimum atomic E-state index is -0.331. The number of benzene rings is 2. The maximum atomic E-state index is 12.0. The lowest BCUT2D eigenvalue weighted by atomic mass is 10.1. The summed E-state index contributed by atoms with van der Waals surface area (Å²) >= 11 is 11.8. The fourth-order valence-corrected chi connectivity index (χ4v) is 2.38. The smallest absolute Gasteiger partial charge is 0.252 e. The molecule has 0 aliphatic heterocycles. The summed E-state index contributed by atoms with van der Waals surface area (Å²) in [6.45, 7) is 2.53. The van der Waals surface area contributed by atoms with Crippen LogP contribution >= 0.6 is 23.2 Å². The van der Waals surface area contributed by atoms with Gasteiger partial charge in [0.25, 0.3) is 11.8 Å². The molecule has 0 fully saturated rings. The lowest BCUT2D eigenvalue weighted by Gasteiger charge is -2.09. The third-order valence-corrected chi connectivity index (χ3v) is 3.71. The van der Waals surface area contributed by atoms with Gasteiger partial charge in [0.15, 0.2) is 0 Å². The first-order chi connectivity index (χ1) is 11.0. The summed E-state index contributed by atoms with van der Waals surface area (Å²) in [5.41, 5.74) is 1.92. The minimum absolute atomic E-state index is 0.177. The van der Waals surface area contributed by atoms with Crippen molar-refractivity contribution >= 4 is 35.0 Å². The maximum Gasteiger partial charge on any atom is 0.252 e. The summed E-state index contributed by atoms with van der Waals surface area (Å²) < 4.78 is 0. The van der Waals surface area contributed by atoms with Crippen LogP contribution in [0.2, 0.25) is 10.0 Å². The predicted octanol–water partition coefficient (Wildman–Crippen LogP) is 3.46. The molecule has 0 aromatic heterocycles. The van der Waals surface area contributed by atoms with E-state index in [0.29, 0.717) is 34.3 Å². The molecule has 6 heteroatoms. The number of nitrogens with one attached hydrogen (secondary N) is 2. The number of aryl methyl sites for hydroxylation is 1. The van der Waals surface area contributed by atoms with Crippen molar-refractivity contribution in [2.75, 3.05) is 13.1 Å². The van der Waals surface area contributed by atoms with Gasteiger partial charge >= 0.3 is 0 Å². The number of amides is 2. The standard InChI is InChI=1S/C17H16Cl2N2O2/c1-11-3-2-4-12(9-11)16(22)20-7-8-21-17(23)14-10-13(18)5-6-15(14)19/h2-6,9-10H,7-8H2,1H3,(H,20,22)(H,21,23). The van der Waals surface area contributed by atoms with Gasteiger partial charge in [0.1, 0.15) is 0 Å². The molecule has 0 saturated heterocycles. The Morgan fingerprint density at radius 2 is 1.65 bits per heavy atom. The molecule has 2 rings (SSSR count). The summed E-state index contributed by atoms with van der Waals surface area (Å²) in [6.07, 6.45) is 0. The normalized spacial score (nSPS) is 10.2. The van der Waals surface area contributed by atoms with Crippen molar-refractivity contribution < 1.29 is 9.59 Å². The van der Waals surface area contributed by atoms with Crippen LogP contribution in [0.25, 0.3) is 0 Å². The molecule has 2 aromatic rings. The Bertz CT molecular complexity index is 732. The number of carbonyl (C=O) groups is 2. The second-order valence-electron chi connectivity index (χ2n) is 5.01. The van der Waals surface area contributed by atoms with Crippen LogP contribution in [0.5, 0.6) is 0 Å². The van der Waals surface area contributed by atoms with Crippen molar-refractivity contribution in [1.82, 2.24) is 10.6 Å². The van der Waals surface area contributed by atoms with Crippen LogP contribution in [0.3, 0.4) is 0 Å². The molecule has 0 spiro atoms. The molecular weight excluding hydrogens is 335 g/mol. The van der Waals surface area contributed by atoms with E-state index in [-0.39, 0.29) is 11.8 Å². The van der Waals surface area contributed by atoms with Crippen LogP contribution in [0.15, 0.2) is 42.5 Å². The molecule has 0 radical (unpaired) electrons. The summed E-state index contributed by atoms with van der Waals surface area (Å²) in [7, 11) is 0.